The van der Waals surface area contributed by atoms with Crippen LogP contribution in [0.5, 0.6) is 0 Å². The number of aliphatic hydroxyl groups is 4. The number of carbonyl (C=O) groups excluding carboxylic acids is 2. The van der Waals surface area contributed by atoms with Crippen LogP contribution >= 0.6 is 0 Å². The molecule has 4 heterocycles. The highest BCUT2D eigenvalue weighted by Crippen LogP contribution is 2.35. The molecule has 17 heteroatoms. The van der Waals surface area contributed by atoms with Gasteiger partial charge >= 0.3 is 11.9 Å². The molecule has 0 aliphatic carbocycles. The minimum Gasteiger partial charge on any atom is -0.492 e. The van der Waals surface area contributed by atoms with Gasteiger partial charge in [0.1, 0.15) is 31.0 Å². The molecule has 0 aromatic carbocycles. The van der Waals surface area contributed by atoms with Crippen LogP contribution in [0, 0.1) is 29.6 Å². The smallest absolute Gasteiger partial charge is 0.322 e. The molecular weight excluding hydrogens is 805 g/mol. The van der Waals surface area contributed by atoms with E-state index in [0.29, 0.717) is 31.7 Å². The topological polar surface area (TPSA) is 214 Å². The first-order valence-electron chi connectivity index (χ1n) is 22.1. The van der Waals surface area contributed by atoms with Crippen LogP contribution in [0.2, 0.25) is 0 Å². The molecule has 4 rings (SSSR count). The summed E-state index contributed by atoms with van der Waals surface area (Å²) in [6.07, 6.45) is -0.971. The number of allylic oxidation sites excluding steroid dienone is 3. The van der Waals surface area contributed by atoms with Gasteiger partial charge in [0.2, 0.25) is 5.76 Å². The molecule has 62 heavy (non-hydrogen) atoms. The molecular formula is C45H74N4O13. The number of rotatable bonds is 14. The predicted molar refractivity (Wildman–Crippen MR) is 228 cm³/mol. The normalized spacial score (nSPS) is 37.1. The summed E-state index contributed by atoms with van der Waals surface area (Å²) in [6, 6.07) is -0.721. The van der Waals surface area contributed by atoms with Crippen molar-refractivity contribution in [2.75, 3.05) is 34.9 Å². The van der Waals surface area contributed by atoms with Gasteiger partial charge in [-0.05, 0) is 78.5 Å². The summed E-state index contributed by atoms with van der Waals surface area (Å²) in [7, 11) is 6.38. The number of methoxy groups -OCH3 is 2. The minimum absolute atomic E-state index is 0.0329. The second-order valence-electron chi connectivity index (χ2n) is 18.0. The zero-order chi connectivity index (χ0) is 46.0. The number of aryl methyl sites for hydroxylation is 1. The number of likely N-dealkylation sites (N-methyl/N-ethyl adjacent to an activating group) is 1. The van der Waals surface area contributed by atoms with Crippen molar-refractivity contribution in [2.45, 2.75) is 161 Å². The summed E-state index contributed by atoms with van der Waals surface area (Å²) >= 11 is 0. The van der Waals surface area contributed by atoms with Crippen molar-refractivity contribution in [2.24, 2.45) is 29.6 Å². The van der Waals surface area contributed by atoms with Gasteiger partial charge in [-0.15, -0.1) is 5.10 Å². The lowest BCUT2D eigenvalue weighted by Crippen LogP contribution is -2.63. The number of hydrogen-bond donors (Lipinski definition) is 4. The lowest BCUT2D eigenvalue weighted by atomic mass is 9.79. The minimum atomic E-state index is -1.28. The molecule has 15 atom stereocenters. The van der Waals surface area contributed by atoms with Crippen LogP contribution in [-0.4, -0.2) is 154 Å². The Morgan fingerprint density at radius 3 is 2.32 bits per heavy atom. The molecule has 1 aromatic rings. The molecule has 0 saturated carbocycles. The molecule has 1 saturated heterocycles. The van der Waals surface area contributed by atoms with Gasteiger partial charge in [-0.25, -0.2) is 0 Å². The highest BCUT2D eigenvalue weighted by Gasteiger charge is 2.47. The molecule has 3 aliphatic rings. The fraction of sp³-hybridized carbons (Fsp3) is 0.778. The Morgan fingerprint density at radius 2 is 1.69 bits per heavy atom. The maximum Gasteiger partial charge on any atom is 0.322 e. The molecule has 3 unspecified atom stereocenters. The average Bonchev–Trinajstić information content (AvgIpc) is 3.66. The summed E-state index contributed by atoms with van der Waals surface area (Å²) < 4.78 is 43.8. The number of cyclic esters (lactones) is 1. The van der Waals surface area contributed by atoms with E-state index in [4.69, 9.17) is 33.2 Å². The predicted octanol–water partition coefficient (Wildman–Crippen LogP) is 3.33. The number of hydrogen-bond acceptors (Lipinski definition) is 16. The van der Waals surface area contributed by atoms with Crippen LogP contribution in [0.3, 0.4) is 0 Å². The number of nitrogens with zero attached hydrogens (tertiary/aromatic N) is 4. The van der Waals surface area contributed by atoms with E-state index < -0.39 is 96.9 Å². The molecule has 17 nitrogen and oxygen atoms in total. The summed E-state index contributed by atoms with van der Waals surface area (Å²) in [6.45, 7) is 15.3. The van der Waals surface area contributed by atoms with Gasteiger partial charge in [0.05, 0.1) is 49.7 Å². The molecule has 4 N–H and O–H groups in total. The van der Waals surface area contributed by atoms with Crippen molar-refractivity contribution in [1.82, 2.24) is 19.9 Å². The van der Waals surface area contributed by atoms with E-state index >= 15 is 0 Å². The Balaban J connectivity index is 1.72. The molecule has 0 radical (unpaired) electrons. The fourth-order valence-corrected chi connectivity index (χ4v) is 8.64. The standard InChI is InChI=1S/C45H74N4O13/c1-13-35-31(23-58-45-43(57-12)42(56-11)39(54)29(8)60-45)19-25(4)14-15-33(50)26(5)20-30(16-17-49-22-32(46-47-49)18-24(2)3)41(27(6)34(51)21-36(52)61-35)62-44-40(55)37(48(9)10)38(53)28(7)59-44/h14-15,19,22,24,26-31,34-35,37-42,44,51,53-55H,13,16-18,20-21,23H2,1-12H3/b15-14+,25-19+/t26-,27+,28-,29?,30+,31-,34-,35-,37?,38-,39-,40?,41-,42+,44+/m1/s1. The Bertz CT molecular complexity index is 1680. The van der Waals surface area contributed by atoms with Crippen molar-refractivity contribution in [1.29, 1.82) is 0 Å². The monoisotopic (exact) mass is 879 g/mol. The second-order valence-corrected chi connectivity index (χ2v) is 18.0. The molecule has 0 amide bonds. The number of ketones is 1. The third-order valence-electron chi connectivity index (χ3n) is 12.3. The number of ether oxygens (including phenoxy) is 7. The molecule has 1 aromatic heterocycles. The number of carbonyl (C=O) groups is 2. The SMILES string of the molecule is CC[C@H]1OC(=O)C[C@@H](O)[C@H](C)[C@@H](O[C@@H]2O[C@H](C)[C@@H](O)C(N(C)C)C2O)[C@@H](CCn2cc(CC(C)C)nn2)C[C@@H](C)C(=O)/C=C/C(C)=C/[C@@H]1COC1=C(OC)[C@@H](OC)[C@H](O)C(C)O1. The van der Waals surface area contributed by atoms with Gasteiger partial charge in [-0.3, -0.25) is 14.3 Å². The van der Waals surface area contributed by atoms with E-state index in [-0.39, 0.29) is 30.5 Å². The van der Waals surface area contributed by atoms with Gasteiger partial charge in [0, 0.05) is 37.6 Å². The summed E-state index contributed by atoms with van der Waals surface area (Å²) in [5.74, 6) is -2.38. The highest BCUT2D eigenvalue weighted by molar-refractivity contribution is 5.91. The Morgan fingerprint density at radius 1 is 0.984 bits per heavy atom. The zero-order valence-electron chi connectivity index (χ0n) is 38.7. The van der Waals surface area contributed by atoms with Crippen molar-refractivity contribution in [3.05, 3.63) is 47.4 Å². The lowest BCUT2D eigenvalue weighted by molar-refractivity contribution is -0.304. The van der Waals surface area contributed by atoms with E-state index in [1.807, 2.05) is 33.0 Å². The Kier molecular flexibility index (Phi) is 19.4. The van der Waals surface area contributed by atoms with Crippen LogP contribution in [0.25, 0.3) is 0 Å². The quantitative estimate of drug-likeness (QED) is 0.197. The average molecular weight is 879 g/mol. The number of aromatic nitrogens is 3. The van der Waals surface area contributed by atoms with Gasteiger partial charge in [-0.1, -0.05) is 57.6 Å². The van der Waals surface area contributed by atoms with E-state index in [1.54, 1.807) is 50.5 Å². The van der Waals surface area contributed by atoms with Gasteiger partial charge in [-0.2, -0.15) is 0 Å². The maximum atomic E-state index is 13.9. The first-order valence-corrected chi connectivity index (χ1v) is 22.1. The van der Waals surface area contributed by atoms with Gasteiger partial charge < -0.3 is 58.5 Å². The first-order chi connectivity index (χ1) is 29.3. The van der Waals surface area contributed by atoms with Gasteiger partial charge in [0.25, 0.3) is 0 Å². The summed E-state index contributed by atoms with van der Waals surface area (Å²) in [5, 5.41) is 53.8. The van der Waals surface area contributed by atoms with Crippen LogP contribution in [0.4, 0.5) is 0 Å². The third-order valence-corrected chi connectivity index (χ3v) is 12.3. The van der Waals surface area contributed by atoms with Crippen molar-refractivity contribution in [3.8, 4) is 0 Å². The van der Waals surface area contributed by atoms with Crippen molar-refractivity contribution in [3.63, 3.8) is 0 Å². The summed E-state index contributed by atoms with van der Waals surface area (Å²) in [5.41, 5.74) is 1.58. The summed E-state index contributed by atoms with van der Waals surface area (Å²) in [4.78, 5) is 29.5. The zero-order valence-corrected chi connectivity index (χ0v) is 38.7. The number of esters is 1. The van der Waals surface area contributed by atoms with Crippen LogP contribution in [0.15, 0.2) is 41.7 Å². The first kappa shape index (κ1) is 51.2. The van der Waals surface area contributed by atoms with Crippen LogP contribution in [-0.2, 0) is 55.7 Å². The molecule has 3 aliphatic heterocycles. The lowest BCUT2D eigenvalue weighted by Gasteiger charge is -2.46. The molecule has 1 fully saturated rings. The Labute approximate surface area is 367 Å². The third kappa shape index (κ3) is 13.3. The van der Waals surface area contributed by atoms with Crippen LogP contribution < -0.4 is 0 Å². The largest absolute Gasteiger partial charge is 0.492 e. The number of aliphatic hydroxyl groups excluding tert-OH is 4. The fourth-order valence-electron chi connectivity index (χ4n) is 8.64. The molecule has 352 valence electrons. The van der Waals surface area contributed by atoms with Crippen molar-refractivity contribution < 1.29 is 63.2 Å². The van der Waals surface area contributed by atoms with E-state index in [0.717, 1.165) is 17.7 Å². The maximum absolute atomic E-state index is 13.9. The Hall–Kier alpha value is -3.42. The molecule has 0 spiro atoms. The van der Waals surface area contributed by atoms with E-state index in [9.17, 15) is 30.0 Å². The second kappa shape index (κ2) is 23.5. The van der Waals surface area contributed by atoms with Crippen LogP contribution in [0.1, 0.15) is 86.8 Å². The van der Waals surface area contributed by atoms with E-state index in [2.05, 4.69) is 24.2 Å². The molecule has 0 bridgehead atoms. The van der Waals surface area contributed by atoms with Gasteiger partial charge in [0.15, 0.2) is 18.2 Å². The highest BCUT2D eigenvalue weighted by atomic mass is 16.7. The van der Waals surface area contributed by atoms with E-state index in [1.165, 1.54) is 20.3 Å². The van der Waals surface area contributed by atoms with Crippen molar-refractivity contribution >= 4 is 11.8 Å².